The van der Waals surface area contributed by atoms with Crippen LogP contribution in [0.15, 0.2) is 24.3 Å². The molecule has 1 unspecified atom stereocenters. The molecule has 0 bridgehead atoms. The summed E-state index contributed by atoms with van der Waals surface area (Å²) in [5.74, 6) is -0.821. The molecule has 1 aliphatic rings. The third-order valence-electron chi connectivity index (χ3n) is 3.59. The van der Waals surface area contributed by atoms with Crippen molar-refractivity contribution in [3.8, 4) is 0 Å². The molecule has 5 nitrogen and oxygen atoms in total. The number of carbonyl (C=O) groups is 2. The summed E-state index contributed by atoms with van der Waals surface area (Å²) >= 11 is 0. The molecule has 5 heteroatoms. The van der Waals surface area contributed by atoms with Crippen LogP contribution < -0.4 is 5.32 Å². The summed E-state index contributed by atoms with van der Waals surface area (Å²) in [6, 6.07) is 6.78. The van der Waals surface area contributed by atoms with Crippen LogP contribution in [0.1, 0.15) is 35.7 Å². The highest BCUT2D eigenvalue weighted by atomic mass is 16.4. The average molecular weight is 276 g/mol. The zero-order valence-corrected chi connectivity index (χ0v) is 11.6. The molecule has 0 spiro atoms. The number of carboxylic acids is 1. The molecule has 1 saturated heterocycles. The van der Waals surface area contributed by atoms with Gasteiger partial charge in [0.25, 0.3) is 0 Å². The van der Waals surface area contributed by atoms with Gasteiger partial charge >= 0.3 is 5.97 Å². The van der Waals surface area contributed by atoms with Crippen molar-refractivity contribution in [2.45, 2.75) is 32.4 Å². The fourth-order valence-corrected chi connectivity index (χ4v) is 2.53. The lowest BCUT2D eigenvalue weighted by atomic mass is 10.0. The molecule has 0 aromatic heterocycles. The highest BCUT2D eigenvalue weighted by molar-refractivity contribution is 5.87. The fourth-order valence-electron chi connectivity index (χ4n) is 2.53. The Morgan fingerprint density at radius 3 is 2.70 bits per heavy atom. The minimum Gasteiger partial charge on any atom is -0.478 e. The Hall–Kier alpha value is -1.88. The number of aromatic carboxylic acids is 1. The number of nitrogens with zero attached hydrogens (tertiary/aromatic N) is 1. The normalized spacial score (nSPS) is 19.6. The first-order valence-corrected chi connectivity index (χ1v) is 6.96. The van der Waals surface area contributed by atoms with Crippen LogP contribution in [-0.2, 0) is 11.3 Å². The summed E-state index contributed by atoms with van der Waals surface area (Å²) in [5, 5.41) is 11.8. The van der Waals surface area contributed by atoms with Gasteiger partial charge in [-0.2, -0.15) is 0 Å². The van der Waals surface area contributed by atoms with E-state index in [9.17, 15) is 9.59 Å². The third-order valence-corrected chi connectivity index (χ3v) is 3.59. The van der Waals surface area contributed by atoms with E-state index in [1.807, 2.05) is 12.1 Å². The van der Waals surface area contributed by atoms with Crippen LogP contribution in [0, 0.1) is 0 Å². The summed E-state index contributed by atoms with van der Waals surface area (Å²) in [7, 11) is 0. The van der Waals surface area contributed by atoms with Gasteiger partial charge in [0.2, 0.25) is 5.91 Å². The summed E-state index contributed by atoms with van der Waals surface area (Å²) in [6.07, 6.45) is 1.81. The van der Waals surface area contributed by atoms with E-state index in [0.29, 0.717) is 13.1 Å². The van der Waals surface area contributed by atoms with Crippen LogP contribution in [0.3, 0.4) is 0 Å². The number of nitrogens with one attached hydrogen (secondary N) is 1. The van der Waals surface area contributed by atoms with Crippen molar-refractivity contribution in [1.29, 1.82) is 0 Å². The van der Waals surface area contributed by atoms with E-state index < -0.39 is 5.97 Å². The standard InChI is InChI=1S/C15H20N2O3/c1-2-3-13-14(18)16-8-9-17(13)10-11-4-6-12(7-5-11)15(19)20/h4-7,13H,2-3,8-10H2,1H3,(H,16,18)(H,19,20). The predicted octanol–water partition coefficient (Wildman–Crippen LogP) is 1.49. The van der Waals surface area contributed by atoms with Crippen LogP contribution in [0.25, 0.3) is 0 Å². The Labute approximate surface area is 118 Å². The van der Waals surface area contributed by atoms with Crippen molar-refractivity contribution in [3.63, 3.8) is 0 Å². The van der Waals surface area contributed by atoms with Crippen molar-refractivity contribution in [1.82, 2.24) is 10.2 Å². The van der Waals surface area contributed by atoms with E-state index in [1.54, 1.807) is 12.1 Å². The number of benzene rings is 1. The summed E-state index contributed by atoms with van der Waals surface area (Å²) in [4.78, 5) is 24.9. The molecule has 1 amide bonds. The molecule has 20 heavy (non-hydrogen) atoms. The second kappa shape index (κ2) is 6.52. The highest BCUT2D eigenvalue weighted by Gasteiger charge is 2.28. The molecule has 1 aromatic carbocycles. The third kappa shape index (κ3) is 3.36. The average Bonchev–Trinajstić information content (AvgIpc) is 2.43. The van der Waals surface area contributed by atoms with Crippen molar-refractivity contribution >= 4 is 11.9 Å². The molecule has 1 aliphatic heterocycles. The van der Waals surface area contributed by atoms with Gasteiger partial charge in [0.15, 0.2) is 0 Å². The van der Waals surface area contributed by atoms with Crippen molar-refractivity contribution < 1.29 is 14.7 Å². The van der Waals surface area contributed by atoms with E-state index in [1.165, 1.54) is 0 Å². The molecule has 1 heterocycles. The Morgan fingerprint density at radius 1 is 1.40 bits per heavy atom. The number of hydrogen-bond donors (Lipinski definition) is 2. The Bertz CT molecular complexity index is 484. The largest absolute Gasteiger partial charge is 0.478 e. The summed E-state index contributed by atoms with van der Waals surface area (Å²) in [6.45, 7) is 4.25. The quantitative estimate of drug-likeness (QED) is 0.854. The lowest BCUT2D eigenvalue weighted by Gasteiger charge is -2.35. The Morgan fingerprint density at radius 2 is 2.10 bits per heavy atom. The molecule has 1 aromatic rings. The molecule has 1 atom stereocenters. The van der Waals surface area contributed by atoms with E-state index in [2.05, 4.69) is 17.1 Å². The number of rotatable bonds is 5. The van der Waals surface area contributed by atoms with Gasteiger partial charge in [-0.25, -0.2) is 4.79 Å². The molecule has 0 saturated carbocycles. The maximum atomic E-state index is 11.9. The monoisotopic (exact) mass is 276 g/mol. The number of amides is 1. The van der Waals surface area contributed by atoms with E-state index in [0.717, 1.165) is 24.9 Å². The maximum absolute atomic E-state index is 11.9. The molecule has 0 aliphatic carbocycles. The minimum absolute atomic E-state index is 0.0760. The first-order chi connectivity index (χ1) is 9.61. The first kappa shape index (κ1) is 14.5. The SMILES string of the molecule is CCCC1C(=O)NCCN1Cc1ccc(C(=O)O)cc1. The van der Waals surface area contributed by atoms with Crippen LogP contribution >= 0.6 is 0 Å². The van der Waals surface area contributed by atoms with Gasteiger partial charge in [-0.1, -0.05) is 25.5 Å². The molecular formula is C15H20N2O3. The second-order valence-electron chi connectivity index (χ2n) is 5.07. The Kier molecular flexibility index (Phi) is 4.74. The van der Waals surface area contributed by atoms with Gasteiger partial charge in [-0.3, -0.25) is 9.69 Å². The number of carboxylic acid groups (broad SMARTS) is 1. The lowest BCUT2D eigenvalue weighted by molar-refractivity contribution is -0.129. The van der Waals surface area contributed by atoms with Crippen LogP contribution in [-0.4, -0.2) is 41.0 Å². The van der Waals surface area contributed by atoms with Crippen LogP contribution in [0.5, 0.6) is 0 Å². The first-order valence-electron chi connectivity index (χ1n) is 6.96. The van der Waals surface area contributed by atoms with Gasteiger partial charge in [0, 0.05) is 19.6 Å². The summed E-state index contributed by atoms with van der Waals surface area (Å²) < 4.78 is 0. The number of piperazine rings is 1. The van der Waals surface area contributed by atoms with E-state index in [-0.39, 0.29) is 17.5 Å². The van der Waals surface area contributed by atoms with Crippen molar-refractivity contribution in [2.24, 2.45) is 0 Å². The molecular weight excluding hydrogens is 256 g/mol. The zero-order chi connectivity index (χ0) is 14.5. The minimum atomic E-state index is -0.919. The molecule has 2 rings (SSSR count). The highest BCUT2D eigenvalue weighted by Crippen LogP contribution is 2.15. The van der Waals surface area contributed by atoms with E-state index >= 15 is 0 Å². The predicted molar refractivity (Wildman–Crippen MR) is 75.5 cm³/mol. The van der Waals surface area contributed by atoms with Gasteiger partial charge < -0.3 is 10.4 Å². The summed E-state index contributed by atoms with van der Waals surface area (Å²) in [5.41, 5.74) is 1.32. The number of carbonyl (C=O) groups excluding carboxylic acids is 1. The maximum Gasteiger partial charge on any atom is 0.335 e. The van der Waals surface area contributed by atoms with E-state index in [4.69, 9.17) is 5.11 Å². The van der Waals surface area contributed by atoms with Crippen LogP contribution in [0.2, 0.25) is 0 Å². The molecule has 108 valence electrons. The van der Waals surface area contributed by atoms with Crippen molar-refractivity contribution in [3.05, 3.63) is 35.4 Å². The molecule has 1 fully saturated rings. The Balaban J connectivity index is 2.06. The molecule has 2 N–H and O–H groups in total. The zero-order valence-electron chi connectivity index (χ0n) is 11.6. The van der Waals surface area contributed by atoms with Crippen LogP contribution in [0.4, 0.5) is 0 Å². The van der Waals surface area contributed by atoms with Gasteiger partial charge in [-0.15, -0.1) is 0 Å². The fraction of sp³-hybridized carbons (Fsp3) is 0.467. The van der Waals surface area contributed by atoms with Gasteiger partial charge in [0.1, 0.15) is 0 Å². The smallest absolute Gasteiger partial charge is 0.335 e. The van der Waals surface area contributed by atoms with Gasteiger partial charge in [-0.05, 0) is 24.1 Å². The van der Waals surface area contributed by atoms with Gasteiger partial charge in [0.05, 0.1) is 11.6 Å². The molecule has 0 radical (unpaired) electrons. The second-order valence-corrected chi connectivity index (χ2v) is 5.07. The number of hydrogen-bond acceptors (Lipinski definition) is 3. The van der Waals surface area contributed by atoms with Crippen molar-refractivity contribution in [2.75, 3.05) is 13.1 Å². The topological polar surface area (TPSA) is 69.6 Å². The lowest BCUT2D eigenvalue weighted by Crippen LogP contribution is -2.54.